The molecule has 2 aromatic rings. The summed E-state index contributed by atoms with van der Waals surface area (Å²) in [6.07, 6.45) is 1.20. The highest BCUT2D eigenvalue weighted by Crippen LogP contribution is 2.09. The minimum Gasteiger partial charge on any atom is -0.378 e. The van der Waals surface area contributed by atoms with Gasteiger partial charge in [0.15, 0.2) is 0 Å². The van der Waals surface area contributed by atoms with E-state index in [0.29, 0.717) is 26.3 Å². The molecular weight excluding hydrogens is 306 g/mol. The summed E-state index contributed by atoms with van der Waals surface area (Å²) in [7, 11) is 0. The van der Waals surface area contributed by atoms with Crippen LogP contribution >= 0.6 is 11.3 Å². The van der Waals surface area contributed by atoms with Gasteiger partial charge in [-0.25, -0.2) is 4.79 Å². The first-order chi connectivity index (χ1) is 10.7. The Labute approximate surface area is 129 Å². The fourth-order valence-corrected chi connectivity index (χ4v) is 3.00. The molecule has 116 valence electrons. The summed E-state index contributed by atoms with van der Waals surface area (Å²) in [5.74, 6) is -0.371. The Hall–Kier alpha value is -2.19. The van der Waals surface area contributed by atoms with Crippen molar-refractivity contribution in [2.75, 3.05) is 26.3 Å². The van der Waals surface area contributed by atoms with Crippen LogP contribution in [0.3, 0.4) is 0 Å². The number of H-pyrrole nitrogens is 1. The van der Waals surface area contributed by atoms with E-state index >= 15 is 0 Å². The molecule has 1 saturated heterocycles. The van der Waals surface area contributed by atoms with Crippen LogP contribution in [0.15, 0.2) is 33.3 Å². The van der Waals surface area contributed by atoms with Gasteiger partial charge in [0.1, 0.15) is 5.56 Å². The second kappa shape index (κ2) is 6.29. The Morgan fingerprint density at radius 2 is 2.09 bits per heavy atom. The molecule has 3 heterocycles. The standard InChI is InChI=1S/C14H15N3O4S/c18-12(16-3-5-21-6-4-16)11-8-15-14(20)17(13(11)19)9-10-2-1-7-22-10/h1-2,7-8H,3-6,9H2,(H,15,20). The van der Waals surface area contributed by atoms with E-state index in [4.69, 9.17) is 4.74 Å². The van der Waals surface area contributed by atoms with Gasteiger partial charge in [-0.2, -0.15) is 0 Å². The summed E-state index contributed by atoms with van der Waals surface area (Å²) in [5.41, 5.74) is -1.09. The number of thiophene rings is 1. The fourth-order valence-electron chi connectivity index (χ4n) is 2.30. The second-order valence-corrected chi connectivity index (χ2v) is 5.91. The molecule has 0 spiro atoms. The first kappa shape index (κ1) is 14.7. The van der Waals surface area contributed by atoms with Crippen molar-refractivity contribution in [3.05, 3.63) is 55.0 Å². The molecule has 0 saturated carbocycles. The SMILES string of the molecule is O=C(c1c[nH]c(=O)n(Cc2cccs2)c1=O)N1CCOCC1. The van der Waals surface area contributed by atoms with Crippen molar-refractivity contribution in [2.24, 2.45) is 0 Å². The van der Waals surface area contributed by atoms with Gasteiger partial charge in [-0.3, -0.25) is 14.2 Å². The van der Waals surface area contributed by atoms with Crippen LogP contribution in [-0.2, 0) is 11.3 Å². The van der Waals surface area contributed by atoms with Crippen molar-refractivity contribution >= 4 is 17.2 Å². The van der Waals surface area contributed by atoms with Crippen LogP contribution in [0.1, 0.15) is 15.2 Å². The van der Waals surface area contributed by atoms with Crippen molar-refractivity contribution in [3.63, 3.8) is 0 Å². The lowest BCUT2D eigenvalue weighted by molar-refractivity contribution is 0.0301. The van der Waals surface area contributed by atoms with Gasteiger partial charge in [-0.15, -0.1) is 11.3 Å². The van der Waals surface area contributed by atoms with E-state index in [-0.39, 0.29) is 18.0 Å². The smallest absolute Gasteiger partial charge is 0.328 e. The molecule has 0 aromatic carbocycles. The zero-order valence-electron chi connectivity index (χ0n) is 11.8. The molecule has 3 rings (SSSR count). The summed E-state index contributed by atoms with van der Waals surface area (Å²) in [6.45, 7) is 1.97. The third kappa shape index (κ3) is 2.88. The molecule has 0 bridgehead atoms. The van der Waals surface area contributed by atoms with Gasteiger partial charge in [0, 0.05) is 24.2 Å². The minimum absolute atomic E-state index is 0.0157. The largest absolute Gasteiger partial charge is 0.378 e. The summed E-state index contributed by atoms with van der Waals surface area (Å²) < 4.78 is 6.25. The second-order valence-electron chi connectivity index (χ2n) is 4.88. The monoisotopic (exact) mass is 321 g/mol. The lowest BCUT2D eigenvalue weighted by atomic mass is 10.2. The number of carbonyl (C=O) groups is 1. The van der Waals surface area contributed by atoms with Crippen molar-refractivity contribution in [3.8, 4) is 0 Å². The summed E-state index contributed by atoms with van der Waals surface area (Å²) >= 11 is 1.45. The average Bonchev–Trinajstić information content (AvgIpc) is 3.05. The minimum atomic E-state index is -0.561. The van der Waals surface area contributed by atoms with Crippen LogP contribution in [0.5, 0.6) is 0 Å². The van der Waals surface area contributed by atoms with E-state index in [9.17, 15) is 14.4 Å². The molecule has 7 nitrogen and oxygen atoms in total. The average molecular weight is 321 g/mol. The number of hydrogen-bond acceptors (Lipinski definition) is 5. The number of ether oxygens (including phenoxy) is 1. The fraction of sp³-hybridized carbons (Fsp3) is 0.357. The highest BCUT2D eigenvalue weighted by molar-refractivity contribution is 7.09. The normalized spacial score (nSPS) is 15.0. The van der Waals surface area contributed by atoms with Gasteiger partial charge < -0.3 is 14.6 Å². The molecule has 0 unspecified atom stereocenters. The van der Waals surface area contributed by atoms with E-state index in [2.05, 4.69) is 4.98 Å². The molecule has 1 aliphatic heterocycles. The Balaban J connectivity index is 1.94. The zero-order chi connectivity index (χ0) is 15.5. The molecule has 2 aromatic heterocycles. The van der Waals surface area contributed by atoms with E-state index in [1.807, 2.05) is 17.5 Å². The van der Waals surface area contributed by atoms with Crippen LogP contribution in [0.25, 0.3) is 0 Å². The maximum atomic E-state index is 12.5. The van der Waals surface area contributed by atoms with Crippen molar-refractivity contribution in [1.29, 1.82) is 0 Å². The third-order valence-electron chi connectivity index (χ3n) is 3.48. The third-order valence-corrected chi connectivity index (χ3v) is 4.34. The topological polar surface area (TPSA) is 84.4 Å². The van der Waals surface area contributed by atoms with E-state index in [0.717, 1.165) is 9.44 Å². The number of hydrogen-bond donors (Lipinski definition) is 1. The van der Waals surface area contributed by atoms with Gasteiger partial charge in [0.2, 0.25) is 0 Å². The van der Waals surface area contributed by atoms with E-state index < -0.39 is 11.2 Å². The molecule has 1 N–H and O–H groups in total. The Bertz CT molecular complexity index is 772. The predicted molar refractivity (Wildman–Crippen MR) is 81.5 cm³/mol. The predicted octanol–water partition coefficient (Wildman–Crippen LogP) is 0.119. The van der Waals surface area contributed by atoms with E-state index in [1.165, 1.54) is 17.5 Å². The number of nitrogens with zero attached hydrogens (tertiary/aromatic N) is 2. The molecule has 22 heavy (non-hydrogen) atoms. The lowest BCUT2D eigenvalue weighted by Crippen LogP contribution is -2.45. The molecule has 0 radical (unpaired) electrons. The van der Waals surface area contributed by atoms with Crippen molar-refractivity contribution in [2.45, 2.75) is 6.54 Å². The van der Waals surface area contributed by atoms with Gasteiger partial charge in [-0.05, 0) is 11.4 Å². The zero-order valence-corrected chi connectivity index (χ0v) is 12.6. The van der Waals surface area contributed by atoms with Crippen LogP contribution in [0.4, 0.5) is 0 Å². The number of morpholine rings is 1. The molecule has 1 fully saturated rings. The number of aromatic nitrogens is 2. The summed E-state index contributed by atoms with van der Waals surface area (Å²) in [5, 5.41) is 1.87. The molecular formula is C14H15N3O4S. The summed E-state index contributed by atoms with van der Waals surface area (Å²) in [4.78, 5) is 41.7. The summed E-state index contributed by atoms with van der Waals surface area (Å²) in [6, 6.07) is 3.69. The van der Waals surface area contributed by atoms with Crippen LogP contribution in [0.2, 0.25) is 0 Å². The molecule has 8 heteroatoms. The quantitative estimate of drug-likeness (QED) is 0.870. The highest BCUT2D eigenvalue weighted by Gasteiger charge is 2.22. The maximum absolute atomic E-state index is 12.5. The van der Waals surface area contributed by atoms with Gasteiger partial charge in [0.05, 0.1) is 19.8 Å². The van der Waals surface area contributed by atoms with Crippen LogP contribution in [-0.4, -0.2) is 46.7 Å². The van der Waals surface area contributed by atoms with E-state index in [1.54, 1.807) is 4.90 Å². The number of rotatable bonds is 3. The van der Waals surface area contributed by atoms with Crippen LogP contribution < -0.4 is 11.2 Å². The van der Waals surface area contributed by atoms with Crippen molar-refractivity contribution in [1.82, 2.24) is 14.5 Å². The maximum Gasteiger partial charge on any atom is 0.328 e. The number of nitrogens with one attached hydrogen (secondary N) is 1. The highest BCUT2D eigenvalue weighted by atomic mass is 32.1. The lowest BCUT2D eigenvalue weighted by Gasteiger charge is -2.26. The van der Waals surface area contributed by atoms with Crippen molar-refractivity contribution < 1.29 is 9.53 Å². The Morgan fingerprint density at radius 1 is 1.32 bits per heavy atom. The van der Waals surface area contributed by atoms with Gasteiger partial charge >= 0.3 is 5.69 Å². The van der Waals surface area contributed by atoms with Gasteiger partial charge in [0.25, 0.3) is 11.5 Å². The number of carbonyl (C=O) groups excluding carboxylic acids is 1. The Kier molecular flexibility index (Phi) is 4.21. The molecule has 0 aliphatic carbocycles. The first-order valence-electron chi connectivity index (χ1n) is 6.89. The molecule has 0 atom stereocenters. The number of aromatic amines is 1. The molecule has 1 aliphatic rings. The van der Waals surface area contributed by atoms with Crippen LogP contribution in [0, 0.1) is 0 Å². The van der Waals surface area contributed by atoms with Gasteiger partial charge in [-0.1, -0.05) is 6.07 Å². The first-order valence-corrected chi connectivity index (χ1v) is 7.76. The number of amides is 1. The molecule has 1 amide bonds. The Morgan fingerprint density at radius 3 is 2.77 bits per heavy atom.